The molecule has 0 spiro atoms. The molecule has 0 aliphatic carbocycles. The van der Waals surface area contributed by atoms with E-state index < -0.39 is 0 Å². The van der Waals surface area contributed by atoms with E-state index in [1.54, 1.807) is 0 Å². The van der Waals surface area contributed by atoms with Gasteiger partial charge in [-0.1, -0.05) is 0 Å². The molecule has 1 aliphatic heterocycles. The van der Waals surface area contributed by atoms with Gasteiger partial charge in [-0.25, -0.2) is 0 Å². The average molecular weight is 149 g/mol. The van der Waals surface area contributed by atoms with Crippen molar-refractivity contribution in [2.45, 2.75) is 12.8 Å². The van der Waals surface area contributed by atoms with Crippen LogP contribution in [0.25, 0.3) is 0 Å². The Morgan fingerprint density at radius 1 is 1.57 bits per heavy atom. The average Bonchev–Trinajstić information content (AvgIpc) is 1.86. The molecule has 0 saturated carbocycles. The second kappa shape index (κ2) is 3.05. The Hall–Kier alpha value is -0.0105. The van der Waals surface area contributed by atoms with Gasteiger partial charge in [-0.05, 0) is 6.42 Å². The van der Waals surface area contributed by atoms with Gasteiger partial charge >= 0.3 is 0 Å². The zero-order valence-electron chi connectivity index (χ0n) is 3.83. The molecule has 3 heteroatoms. The summed E-state index contributed by atoms with van der Waals surface area (Å²) in [7, 11) is 0. The van der Waals surface area contributed by atoms with Gasteiger partial charge in [-0.3, -0.25) is 4.79 Å². The van der Waals surface area contributed by atoms with E-state index in [9.17, 15) is 4.79 Å². The molecule has 1 fully saturated rings. The maximum absolute atomic E-state index is 10.1. The van der Waals surface area contributed by atoms with Crippen LogP contribution in [0.15, 0.2) is 0 Å². The van der Waals surface area contributed by atoms with Crippen LogP contribution in [0, 0.1) is 0 Å². The normalized spacial score (nSPS) is 18.0. The van der Waals surface area contributed by atoms with Gasteiger partial charge in [0.1, 0.15) is 0 Å². The summed E-state index contributed by atoms with van der Waals surface area (Å²) in [5, 5.41) is 2.68. The number of hydrogen-bond acceptors (Lipinski definition) is 1. The van der Waals surface area contributed by atoms with Crippen LogP contribution in [0.5, 0.6) is 0 Å². The predicted octanol–water partition coefficient (Wildman–Crippen LogP) is -0.106. The van der Waals surface area contributed by atoms with Crippen LogP contribution in [0.1, 0.15) is 12.8 Å². The summed E-state index contributed by atoms with van der Waals surface area (Å²) in [6.45, 7) is 0.888. The van der Waals surface area contributed by atoms with Gasteiger partial charge in [0.25, 0.3) is 0 Å². The molecular formula is C4H7CuNO. The minimum atomic E-state index is 0. The van der Waals surface area contributed by atoms with E-state index >= 15 is 0 Å². The van der Waals surface area contributed by atoms with E-state index in [-0.39, 0.29) is 23.0 Å². The van der Waals surface area contributed by atoms with Gasteiger partial charge in [0.15, 0.2) is 0 Å². The molecule has 1 saturated heterocycles. The van der Waals surface area contributed by atoms with Gasteiger partial charge < -0.3 is 5.32 Å². The summed E-state index contributed by atoms with van der Waals surface area (Å²) in [5.74, 6) is 0.204. The SMILES string of the molecule is O=C1CCCN1.[Cu]. The Labute approximate surface area is 53.1 Å². The van der Waals surface area contributed by atoms with Gasteiger partial charge in [0.2, 0.25) is 5.91 Å². The Bertz CT molecular complexity index is 66.1. The molecule has 45 valence electrons. The molecule has 0 aromatic rings. The molecule has 2 nitrogen and oxygen atoms in total. The van der Waals surface area contributed by atoms with Crippen molar-refractivity contribution in [3.05, 3.63) is 0 Å². The van der Waals surface area contributed by atoms with Gasteiger partial charge in [0.05, 0.1) is 0 Å². The first-order valence-electron chi connectivity index (χ1n) is 2.16. The summed E-state index contributed by atoms with van der Waals surface area (Å²) in [5.41, 5.74) is 0. The number of amides is 1. The standard InChI is InChI=1S/C4H7NO.Cu/c6-4-2-1-3-5-4;/h1-3H2,(H,5,6);. The van der Waals surface area contributed by atoms with Crippen molar-refractivity contribution in [3.8, 4) is 0 Å². The number of carbonyl (C=O) groups excluding carboxylic acids is 1. The molecular weight excluding hydrogens is 142 g/mol. The summed E-state index contributed by atoms with van der Waals surface area (Å²) < 4.78 is 0. The largest absolute Gasteiger partial charge is 0.356 e. The van der Waals surface area contributed by atoms with E-state index in [1.165, 1.54) is 0 Å². The van der Waals surface area contributed by atoms with Crippen molar-refractivity contribution >= 4 is 5.91 Å². The number of carbonyl (C=O) groups is 1. The molecule has 1 rings (SSSR count). The quantitative estimate of drug-likeness (QED) is 0.478. The summed E-state index contributed by atoms with van der Waals surface area (Å²) in [6, 6.07) is 0. The van der Waals surface area contributed by atoms with Gasteiger partial charge in [-0.2, -0.15) is 0 Å². The second-order valence-corrected chi connectivity index (χ2v) is 1.45. The summed E-state index contributed by atoms with van der Waals surface area (Å²) in [4.78, 5) is 10.1. The zero-order chi connectivity index (χ0) is 4.41. The van der Waals surface area contributed by atoms with E-state index in [2.05, 4.69) is 5.32 Å². The maximum Gasteiger partial charge on any atom is 0.220 e. The summed E-state index contributed by atoms with van der Waals surface area (Å²) in [6.07, 6.45) is 1.76. The Morgan fingerprint density at radius 2 is 2.29 bits per heavy atom. The summed E-state index contributed by atoms with van der Waals surface area (Å²) >= 11 is 0. The molecule has 1 N–H and O–H groups in total. The molecule has 1 radical (unpaired) electrons. The fourth-order valence-corrected chi connectivity index (χ4v) is 0.565. The van der Waals surface area contributed by atoms with Crippen molar-refractivity contribution in [2.75, 3.05) is 6.54 Å². The third-order valence-electron chi connectivity index (χ3n) is 0.903. The second-order valence-electron chi connectivity index (χ2n) is 1.45. The number of rotatable bonds is 0. The van der Waals surface area contributed by atoms with Crippen LogP contribution in [0.4, 0.5) is 0 Å². The van der Waals surface area contributed by atoms with Gasteiger partial charge in [-0.15, -0.1) is 0 Å². The predicted molar refractivity (Wildman–Crippen MR) is 22.2 cm³/mol. The first kappa shape index (κ1) is 6.99. The van der Waals surface area contributed by atoms with Crippen molar-refractivity contribution in [1.29, 1.82) is 0 Å². The molecule has 1 aliphatic rings. The van der Waals surface area contributed by atoms with Gasteiger partial charge in [0, 0.05) is 30.0 Å². The molecule has 7 heavy (non-hydrogen) atoms. The number of hydrogen-bond donors (Lipinski definition) is 1. The van der Waals surface area contributed by atoms with E-state index in [4.69, 9.17) is 0 Å². The molecule has 1 heterocycles. The zero-order valence-corrected chi connectivity index (χ0v) is 4.77. The Morgan fingerprint density at radius 3 is 2.43 bits per heavy atom. The van der Waals surface area contributed by atoms with Crippen LogP contribution in [-0.4, -0.2) is 12.5 Å². The molecule has 0 atom stereocenters. The van der Waals surface area contributed by atoms with E-state index in [1.807, 2.05) is 0 Å². The van der Waals surface area contributed by atoms with Crippen LogP contribution in [0.3, 0.4) is 0 Å². The monoisotopic (exact) mass is 148 g/mol. The van der Waals surface area contributed by atoms with Crippen LogP contribution >= 0.6 is 0 Å². The van der Waals surface area contributed by atoms with Crippen LogP contribution < -0.4 is 5.32 Å². The van der Waals surface area contributed by atoms with Crippen molar-refractivity contribution in [1.82, 2.24) is 5.32 Å². The van der Waals surface area contributed by atoms with Crippen molar-refractivity contribution in [2.24, 2.45) is 0 Å². The topological polar surface area (TPSA) is 29.1 Å². The maximum atomic E-state index is 10.1. The Kier molecular flexibility index (Phi) is 3.05. The van der Waals surface area contributed by atoms with Crippen LogP contribution in [-0.2, 0) is 21.9 Å². The fourth-order valence-electron chi connectivity index (χ4n) is 0.565. The Balaban J connectivity index is 0.000000360. The van der Waals surface area contributed by atoms with E-state index in [0.29, 0.717) is 0 Å². The minimum absolute atomic E-state index is 0. The molecule has 1 amide bonds. The first-order chi connectivity index (χ1) is 2.89. The van der Waals surface area contributed by atoms with Crippen LogP contribution in [0.2, 0.25) is 0 Å². The van der Waals surface area contributed by atoms with Crippen molar-refractivity contribution < 1.29 is 21.9 Å². The minimum Gasteiger partial charge on any atom is -0.356 e. The smallest absolute Gasteiger partial charge is 0.220 e. The fraction of sp³-hybridized carbons (Fsp3) is 0.750. The first-order valence-corrected chi connectivity index (χ1v) is 2.16. The van der Waals surface area contributed by atoms with Crippen molar-refractivity contribution in [3.63, 3.8) is 0 Å². The molecule has 0 bridgehead atoms. The molecule has 0 aromatic carbocycles. The van der Waals surface area contributed by atoms with E-state index in [0.717, 1.165) is 19.4 Å². The number of nitrogens with one attached hydrogen (secondary N) is 1. The third-order valence-corrected chi connectivity index (χ3v) is 0.903. The molecule has 0 unspecified atom stereocenters. The molecule has 0 aromatic heterocycles. The third kappa shape index (κ3) is 1.95.